The number of thiophene rings is 1. The highest BCUT2D eigenvalue weighted by molar-refractivity contribution is 7.12. The summed E-state index contributed by atoms with van der Waals surface area (Å²) in [6.45, 7) is 0. The fraction of sp³-hybridized carbons (Fsp3) is 0.722. The Hall–Kier alpha value is -1.01. The number of carbonyl (C=O) groups excluding carboxylic acids is 1. The number of alkyl halides is 2. The third-order valence-electron chi connectivity index (χ3n) is 5.67. The SMILES string of the molecule is O=C(NC1CCC(F)(F)CC1)c1cc(C2CC2NC2CCC2)cs1. The Kier molecular flexibility index (Phi) is 4.37. The van der Waals surface area contributed by atoms with Gasteiger partial charge in [-0.25, -0.2) is 8.78 Å². The molecule has 1 heterocycles. The van der Waals surface area contributed by atoms with Crippen molar-refractivity contribution in [2.75, 3.05) is 0 Å². The minimum absolute atomic E-state index is 0.106. The predicted octanol–water partition coefficient (Wildman–Crippen LogP) is 4.05. The molecule has 1 aromatic rings. The van der Waals surface area contributed by atoms with Crippen molar-refractivity contribution in [1.29, 1.82) is 0 Å². The molecule has 3 fully saturated rings. The van der Waals surface area contributed by atoms with E-state index in [1.807, 2.05) is 6.07 Å². The van der Waals surface area contributed by atoms with Crippen molar-refractivity contribution in [3.8, 4) is 0 Å². The van der Waals surface area contributed by atoms with Crippen LogP contribution in [-0.4, -0.2) is 30.0 Å². The molecule has 0 spiro atoms. The standard InChI is InChI=1S/C18H24F2N2OS/c19-18(20)6-4-13(5-7-18)22-17(23)16-8-11(10-24-16)14-9-15(14)21-12-2-1-3-12/h8,10,12-15,21H,1-7,9H2,(H,22,23). The van der Waals surface area contributed by atoms with Crippen molar-refractivity contribution < 1.29 is 13.6 Å². The van der Waals surface area contributed by atoms with Crippen molar-refractivity contribution in [3.05, 3.63) is 21.9 Å². The molecule has 2 N–H and O–H groups in total. The lowest BCUT2D eigenvalue weighted by molar-refractivity contribution is -0.0399. The van der Waals surface area contributed by atoms with Gasteiger partial charge in [-0.2, -0.15) is 0 Å². The van der Waals surface area contributed by atoms with Crippen molar-refractivity contribution >= 4 is 17.2 Å². The maximum absolute atomic E-state index is 13.2. The van der Waals surface area contributed by atoms with Crippen LogP contribution in [0, 0.1) is 0 Å². The van der Waals surface area contributed by atoms with Crippen molar-refractivity contribution in [1.82, 2.24) is 10.6 Å². The van der Waals surface area contributed by atoms with Gasteiger partial charge in [0.25, 0.3) is 5.91 Å². The van der Waals surface area contributed by atoms with Crippen molar-refractivity contribution in [3.63, 3.8) is 0 Å². The molecular formula is C18H24F2N2OS. The maximum Gasteiger partial charge on any atom is 0.261 e. The molecule has 24 heavy (non-hydrogen) atoms. The van der Waals surface area contributed by atoms with Gasteiger partial charge in [0.15, 0.2) is 0 Å². The summed E-state index contributed by atoms with van der Waals surface area (Å²) in [5.41, 5.74) is 1.25. The zero-order chi connectivity index (χ0) is 16.7. The fourth-order valence-electron chi connectivity index (χ4n) is 3.73. The topological polar surface area (TPSA) is 41.1 Å². The molecule has 3 aliphatic carbocycles. The second kappa shape index (κ2) is 6.37. The third kappa shape index (κ3) is 3.64. The van der Waals surface area contributed by atoms with Gasteiger partial charge in [0.2, 0.25) is 5.92 Å². The largest absolute Gasteiger partial charge is 0.349 e. The number of nitrogens with one attached hydrogen (secondary N) is 2. The quantitative estimate of drug-likeness (QED) is 0.837. The molecular weight excluding hydrogens is 330 g/mol. The zero-order valence-corrected chi connectivity index (χ0v) is 14.5. The molecule has 132 valence electrons. The van der Waals surface area contributed by atoms with E-state index < -0.39 is 5.92 Å². The lowest BCUT2D eigenvalue weighted by atomic mass is 9.92. The van der Waals surface area contributed by atoms with E-state index in [-0.39, 0.29) is 24.8 Å². The van der Waals surface area contributed by atoms with Crippen LogP contribution in [0.25, 0.3) is 0 Å². The van der Waals surface area contributed by atoms with Crippen LogP contribution >= 0.6 is 11.3 Å². The molecule has 3 saturated carbocycles. The van der Waals surface area contributed by atoms with Crippen LogP contribution in [0.15, 0.2) is 11.4 Å². The van der Waals surface area contributed by atoms with Gasteiger partial charge in [-0.15, -0.1) is 11.3 Å². The van der Waals surface area contributed by atoms with Gasteiger partial charge in [0.05, 0.1) is 4.88 Å². The van der Waals surface area contributed by atoms with Gasteiger partial charge in [0.1, 0.15) is 0 Å². The van der Waals surface area contributed by atoms with Crippen LogP contribution < -0.4 is 10.6 Å². The highest BCUT2D eigenvalue weighted by Crippen LogP contribution is 2.43. The maximum atomic E-state index is 13.2. The highest BCUT2D eigenvalue weighted by Gasteiger charge is 2.41. The minimum Gasteiger partial charge on any atom is -0.349 e. The molecule has 1 aromatic heterocycles. The predicted molar refractivity (Wildman–Crippen MR) is 90.9 cm³/mol. The molecule has 3 nitrogen and oxygen atoms in total. The van der Waals surface area contributed by atoms with Crippen LogP contribution in [0.4, 0.5) is 8.78 Å². The number of hydrogen-bond donors (Lipinski definition) is 2. The van der Waals surface area contributed by atoms with Gasteiger partial charge < -0.3 is 10.6 Å². The molecule has 0 radical (unpaired) electrons. The van der Waals surface area contributed by atoms with Gasteiger partial charge in [-0.1, -0.05) is 6.42 Å². The summed E-state index contributed by atoms with van der Waals surface area (Å²) in [7, 11) is 0. The van der Waals surface area contributed by atoms with Crippen LogP contribution in [0.1, 0.15) is 72.5 Å². The Balaban J connectivity index is 1.28. The summed E-state index contributed by atoms with van der Waals surface area (Å²) in [5.74, 6) is -2.12. The molecule has 6 heteroatoms. The number of carbonyl (C=O) groups is 1. The molecule has 0 saturated heterocycles. The summed E-state index contributed by atoms with van der Waals surface area (Å²) >= 11 is 1.47. The summed E-state index contributed by atoms with van der Waals surface area (Å²) in [5, 5.41) is 8.69. The molecule has 0 aromatic carbocycles. The lowest BCUT2D eigenvalue weighted by Crippen LogP contribution is -2.40. The van der Waals surface area contributed by atoms with Crippen molar-refractivity contribution in [2.45, 2.75) is 81.3 Å². The van der Waals surface area contributed by atoms with Crippen LogP contribution in [0.5, 0.6) is 0 Å². The molecule has 1 amide bonds. The molecule has 2 unspecified atom stereocenters. The first kappa shape index (κ1) is 16.5. The van der Waals surface area contributed by atoms with E-state index in [4.69, 9.17) is 0 Å². The van der Waals surface area contributed by atoms with Crippen LogP contribution in [0.2, 0.25) is 0 Å². The smallest absolute Gasteiger partial charge is 0.261 e. The van der Waals surface area contributed by atoms with Gasteiger partial charge in [-0.3, -0.25) is 4.79 Å². The van der Waals surface area contributed by atoms with Gasteiger partial charge in [0, 0.05) is 36.9 Å². The number of halogens is 2. The monoisotopic (exact) mass is 354 g/mol. The molecule has 4 rings (SSSR count). The number of amides is 1. The Morgan fingerprint density at radius 1 is 1.17 bits per heavy atom. The fourth-order valence-corrected chi connectivity index (χ4v) is 4.61. The summed E-state index contributed by atoms with van der Waals surface area (Å²) in [6, 6.07) is 3.15. The van der Waals surface area contributed by atoms with Gasteiger partial charge in [-0.05, 0) is 49.1 Å². The van der Waals surface area contributed by atoms with E-state index in [0.29, 0.717) is 35.7 Å². The normalized spacial score (nSPS) is 29.9. The first-order valence-electron chi connectivity index (χ1n) is 9.03. The van der Waals surface area contributed by atoms with E-state index in [9.17, 15) is 13.6 Å². The average Bonchev–Trinajstić information content (AvgIpc) is 3.09. The third-order valence-corrected chi connectivity index (χ3v) is 6.62. The Bertz CT molecular complexity index is 604. The molecule has 0 bridgehead atoms. The van der Waals surface area contributed by atoms with E-state index in [1.54, 1.807) is 0 Å². The van der Waals surface area contributed by atoms with Gasteiger partial charge >= 0.3 is 0 Å². The molecule has 0 aliphatic heterocycles. The minimum atomic E-state index is -2.55. The Morgan fingerprint density at radius 2 is 1.92 bits per heavy atom. The summed E-state index contributed by atoms with van der Waals surface area (Å²) < 4.78 is 26.4. The highest BCUT2D eigenvalue weighted by atomic mass is 32.1. The molecule has 3 aliphatic rings. The Morgan fingerprint density at radius 3 is 2.58 bits per heavy atom. The van der Waals surface area contributed by atoms with E-state index >= 15 is 0 Å². The summed E-state index contributed by atoms with van der Waals surface area (Å²) in [4.78, 5) is 13.0. The van der Waals surface area contributed by atoms with Crippen LogP contribution in [0.3, 0.4) is 0 Å². The van der Waals surface area contributed by atoms with E-state index in [0.717, 1.165) is 6.42 Å². The van der Waals surface area contributed by atoms with E-state index in [1.165, 1.54) is 36.2 Å². The number of rotatable bonds is 5. The summed E-state index contributed by atoms with van der Waals surface area (Å²) in [6.07, 6.45) is 5.58. The lowest BCUT2D eigenvalue weighted by Gasteiger charge is -2.28. The van der Waals surface area contributed by atoms with Crippen molar-refractivity contribution in [2.24, 2.45) is 0 Å². The zero-order valence-electron chi connectivity index (χ0n) is 13.7. The number of hydrogen-bond acceptors (Lipinski definition) is 3. The molecule has 2 atom stereocenters. The average molecular weight is 354 g/mol. The second-order valence-electron chi connectivity index (χ2n) is 7.59. The van der Waals surface area contributed by atoms with Crippen LogP contribution in [-0.2, 0) is 0 Å². The Labute approximate surface area is 145 Å². The first-order valence-corrected chi connectivity index (χ1v) is 9.91. The first-order chi connectivity index (χ1) is 11.5. The van der Waals surface area contributed by atoms with E-state index in [2.05, 4.69) is 16.0 Å². The second-order valence-corrected chi connectivity index (χ2v) is 8.50.